The molecular formula is C33H34Cl2N12S2. The van der Waals surface area contributed by atoms with Gasteiger partial charge in [-0.05, 0) is 30.5 Å². The van der Waals surface area contributed by atoms with Crippen LogP contribution in [-0.2, 0) is 5.41 Å². The number of thiazole rings is 2. The van der Waals surface area contributed by atoms with Crippen molar-refractivity contribution < 1.29 is 0 Å². The Hall–Kier alpha value is -3.92. The number of fused-ring (bicyclic) bond motifs is 2. The van der Waals surface area contributed by atoms with Gasteiger partial charge in [-0.2, -0.15) is 9.97 Å². The second kappa shape index (κ2) is 13.4. The highest BCUT2D eigenvalue weighted by Gasteiger charge is 2.48. The summed E-state index contributed by atoms with van der Waals surface area (Å²) in [7, 11) is 0. The van der Waals surface area contributed by atoms with Gasteiger partial charge in [-0.15, -0.1) is 0 Å². The fourth-order valence-electron chi connectivity index (χ4n) is 6.31. The second-order valence-electron chi connectivity index (χ2n) is 12.2. The maximum atomic E-state index is 6.12. The van der Waals surface area contributed by atoms with Gasteiger partial charge in [0.2, 0.25) is 11.9 Å². The number of nitrogen functional groups attached to an aromatic ring is 2. The molecule has 3 aliphatic rings. The summed E-state index contributed by atoms with van der Waals surface area (Å²) in [6.07, 6.45) is 2.28. The van der Waals surface area contributed by atoms with E-state index >= 15 is 0 Å². The number of hydrogen-bond donors (Lipinski definition) is 4. The standard InChI is InChI=1S/C18H20N6S.C15H14Cl2N6S/c19-17-22-14(24-10-8-20-9-11-24)13-15(23-17)25-16(21-13)18(6-7-18)12-4-2-1-3-5-12;16-9-2-1-8(7-10(9)17)13-20-11-12(23-5-3-19-4-6-23)21-15(18)22-14(11)24-13/h1-5,20H,6-11H2,(H2,19,22,23);1-2,7,19H,3-6H2,(H2,18,21,22). The molecule has 12 nitrogen and oxygen atoms in total. The lowest BCUT2D eigenvalue weighted by Crippen LogP contribution is -2.44. The average molecular weight is 734 g/mol. The molecule has 1 aliphatic carbocycles. The van der Waals surface area contributed by atoms with E-state index in [4.69, 9.17) is 44.6 Å². The number of anilines is 4. The van der Waals surface area contributed by atoms with Gasteiger partial charge in [0.05, 0.1) is 10.0 Å². The number of nitrogens with two attached hydrogens (primary N) is 2. The third kappa shape index (κ3) is 6.44. The summed E-state index contributed by atoms with van der Waals surface area (Å²) in [5.41, 5.74) is 15.9. The van der Waals surface area contributed by atoms with Gasteiger partial charge in [0, 0.05) is 63.3 Å². The highest BCUT2D eigenvalue weighted by Crippen LogP contribution is 2.55. The molecule has 9 rings (SSSR count). The summed E-state index contributed by atoms with van der Waals surface area (Å²) < 4.78 is 0. The summed E-state index contributed by atoms with van der Waals surface area (Å²) in [5.74, 6) is 2.28. The van der Waals surface area contributed by atoms with E-state index in [-0.39, 0.29) is 11.4 Å². The third-order valence-corrected chi connectivity index (χ3v) is 11.9. The van der Waals surface area contributed by atoms with Crippen molar-refractivity contribution in [3.8, 4) is 10.6 Å². The van der Waals surface area contributed by atoms with Gasteiger partial charge in [0.25, 0.3) is 0 Å². The molecule has 2 aliphatic heterocycles. The smallest absolute Gasteiger partial charge is 0.223 e. The van der Waals surface area contributed by atoms with E-state index in [2.05, 4.69) is 70.7 Å². The molecule has 49 heavy (non-hydrogen) atoms. The SMILES string of the molecule is Nc1nc(N2CCNCC2)c2nc(-c3ccc(Cl)c(Cl)c3)sc2n1.Nc1nc(N2CCNCC2)c2nc(C3(c4ccccc4)CC3)sc2n1. The minimum absolute atomic E-state index is 0.0577. The van der Waals surface area contributed by atoms with E-state index in [1.807, 2.05) is 12.1 Å². The van der Waals surface area contributed by atoms with Crippen LogP contribution in [0.1, 0.15) is 23.4 Å². The lowest BCUT2D eigenvalue weighted by atomic mass is 9.97. The molecular weight excluding hydrogens is 699 g/mol. The highest BCUT2D eigenvalue weighted by molar-refractivity contribution is 7.21. The van der Waals surface area contributed by atoms with Gasteiger partial charge < -0.3 is 31.9 Å². The molecule has 6 N–H and O–H groups in total. The van der Waals surface area contributed by atoms with Crippen LogP contribution in [-0.4, -0.2) is 82.3 Å². The number of rotatable bonds is 5. The van der Waals surface area contributed by atoms with Crippen LogP contribution in [0.5, 0.6) is 0 Å². The van der Waals surface area contributed by atoms with E-state index in [0.717, 1.165) is 113 Å². The van der Waals surface area contributed by atoms with Crippen molar-refractivity contribution in [3.05, 3.63) is 69.1 Å². The molecule has 0 atom stereocenters. The van der Waals surface area contributed by atoms with Crippen LogP contribution >= 0.6 is 45.9 Å². The fraction of sp³-hybridized carbons (Fsp3) is 0.333. The first-order valence-corrected chi connectivity index (χ1v) is 18.6. The van der Waals surface area contributed by atoms with Gasteiger partial charge in [-0.3, -0.25) is 0 Å². The van der Waals surface area contributed by atoms with Crippen LogP contribution in [0.2, 0.25) is 10.0 Å². The number of hydrogen-bond acceptors (Lipinski definition) is 14. The molecule has 0 radical (unpaired) electrons. The number of piperazine rings is 2. The Kier molecular flexibility index (Phi) is 8.84. The third-order valence-electron chi connectivity index (χ3n) is 9.00. The zero-order valence-corrected chi connectivity index (χ0v) is 29.6. The van der Waals surface area contributed by atoms with Crippen molar-refractivity contribution in [1.29, 1.82) is 0 Å². The van der Waals surface area contributed by atoms with Crippen LogP contribution in [0.4, 0.5) is 23.5 Å². The largest absolute Gasteiger partial charge is 0.368 e. The Labute approximate surface area is 300 Å². The molecule has 6 heterocycles. The van der Waals surface area contributed by atoms with Crippen LogP contribution in [0.25, 0.3) is 31.3 Å². The molecule has 4 aromatic heterocycles. The van der Waals surface area contributed by atoms with Gasteiger partial charge in [0.15, 0.2) is 21.3 Å². The molecule has 0 amide bonds. The predicted molar refractivity (Wildman–Crippen MR) is 201 cm³/mol. The zero-order valence-electron chi connectivity index (χ0n) is 26.5. The fourth-order valence-corrected chi connectivity index (χ4v) is 8.75. The number of aromatic nitrogens is 6. The number of nitrogens with one attached hydrogen (secondary N) is 2. The molecule has 3 fully saturated rings. The van der Waals surface area contributed by atoms with E-state index in [1.54, 1.807) is 17.4 Å². The average Bonchev–Trinajstić information content (AvgIpc) is 3.65. The maximum absolute atomic E-state index is 6.12. The molecule has 6 aromatic rings. The normalized spacial score (nSPS) is 17.3. The van der Waals surface area contributed by atoms with Gasteiger partial charge in [-0.1, -0.05) is 82.3 Å². The van der Waals surface area contributed by atoms with E-state index in [9.17, 15) is 0 Å². The Balaban J connectivity index is 0.000000142. The van der Waals surface area contributed by atoms with Crippen LogP contribution in [0.3, 0.4) is 0 Å². The Morgan fingerprint density at radius 1 is 0.653 bits per heavy atom. The predicted octanol–water partition coefficient (Wildman–Crippen LogP) is 5.21. The molecule has 0 bridgehead atoms. The van der Waals surface area contributed by atoms with Crippen molar-refractivity contribution in [2.75, 3.05) is 73.6 Å². The first-order valence-electron chi connectivity index (χ1n) is 16.2. The maximum Gasteiger partial charge on any atom is 0.223 e. The molecule has 0 spiro atoms. The van der Waals surface area contributed by atoms with Crippen molar-refractivity contribution in [2.24, 2.45) is 0 Å². The van der Waals surface area contributed by atoms with Crippen molar-refractivity contribution in [2.45, 2.75) is 18.3 Å². The quantitative estimate of drug-likeness (QED) is 0.184. The van der Waals surface area contributed by atoms with E-state index < -0.39 is 0 Å². The Bertz CT molecular complexity index is 2120. The lowest BCUT2D eigenvalue weighted by Gasteiger charge is -2.28. The molecule has 0 unspecified atom stereocenters. The number of nitrogens with zero attached hydrogens (tertiary/aromatic N) is 8. The first-order chi connectivity index (χ1) is 23.9. The van der Waals surface area contributed by atoms with Crippen molar-refractivity contribution in [3.63, 3.8) is 0 Å². The van der Waals surface area contributed by atoms with E-state index in [0.29, 0.717) is 16.0 Å². The number of halogens is 2. The molecule has 2 saturated heterocycles. The lowest BCUT2D eigenvalue weighted by molar-refractivity contribution is 0.586. The Morgan fingerprint density at radius 3 is 1.80 bits per heavy atom. The van der Waals surface area contributed by atoms with E-state index in [1.165, 1.54) is 16.9 Å². The van der Waals surface area contributed by atoms with Crippen molar-refractivity contribution in [1.82, 2.24) is 40.5 Å². The van der Waals surface area contributed by atoms with Gasteiger partial charge in [-0.25, -0.2) is 19.9 Å². The summed E-state index contributed by atoms with van der Waals surface area (Å²) >= 11 is 15.3. The monoisotopic (exact) mass is 732 g/mol. The summed E-state index contributed by atoms with van der Waals surface area (Å²) in [4.78, 5) is 33.6. The van der Waals surface area contributed by atoms with Crippen LogP contribution in [0, 0.1) is 0 Å². The molecule has 16 heteroatoms. The summed E-state index contributed by atoms with van der Waals surface area (Å²) in [5, 5.41) is 9.69. The van der Waals surface area contributed by atoms with Crippen LogP contribution in [0.15, 0.2) is 48.5 Å². The molecule has 1 saturated carbocycles. The summed E-state index contributed by atoms with van der Waals surface area (Å²) in [6, 6.07) is 16.2. The zero-order chi connectivity index (χ0) is 33.5. The topological polar surface area (TPSA) is 160 Å². The first kappa shape index (κ1) is 32.3. The van der Waals surface area contributed by atoms with Crippen molar-refractivity contribution >= 4 is 90.1 Å². The Morgan fingerprint density at radius 2 is 1.22 bits per heavy atom. The minimum atomic E-state index is 0.0577. The highest BCUT2D eigenvalue weighted by atomic mass is 35.5. The second-order valence-corrected chi connectivity index (χ2v) is 15.0. The molecule has 2 aromatic carbocycles. The van der Waals surface area contributed by atoms with Gasteiger partial charge >= 0.3 is 0 Å². The van der Waals surface area contributed by atoms with Crippen LogP contribution < -0.4 is 31.9 Å². The number of benzene rings is 2. The minimum Gasteiger partial charge on any atom is -0.368 e. The summed E-state index contributed by atoms with van der Waals surface area (Å²) in [6.45, 7) is 7.30. The van der Waals surface area contributed by atoms with Gasteiger partial charge in [0.1, 0.15) is 21.0 Å². The molecule has 252 valence electrons.